The number of nitrogens with one attached hydrogen (secondary N) is 2. The molecular formula is C9H12N2O4S. The summed E-state index contributed by atoms with van der Waals surface area (Å²) >= 11 is 0. The van der Waals surface area contributed by atoms with Crippen LogP contribution in [0.15, 0.2) is 34.3 Å². The van der Waals surface area contributed by atoms with Crippen LogP contribution < -0.4 is 10.0 Å². The number of rotatable bonds is 5. The van der Waals surface area contributed by atoms with Gasteiger partial charge in [-0.25, -0.2) is 13.1 Å². The van der Waals surface area contributed by atoms with Crippen molar-refractivity contribution in [3.8, 4) is 0 Å². The molecule has 0 saturated heterocycles. The van der Waals surface area contributed by atoms with E-state index in [0.717, 1.165) is 0 Å². The first-order valence-corrected chi connectivity index (χ1v) is 5.92. The van der Waals surface area contributed by atoms with Crippen molar-refractivity contribution >= 4 is 15.9 Å². The highest BCUT2D eigenvalue weighted by Crippen LogP contribution is 2.13. The number of carbonyl (C=O) groups is 1. The number of carbonyl (C=O) groups excluding carboxylic acids is 1. The van der Waals surface area contributed by atoms with Crippen LogP contribution in [0.25, 0.3) is 0 Å². The van der Waals surface area contributed by atoms with Crippen LogP contribution in [0.4, 0.5) is 0 Å². The van der Waals surface area contributed by atoms with Gasteiger partial charge in [-0.1, -0.05) is 6.08 Å². The standard InChI is InChI=1S/C9H12N2O4S/c1-3-6-11-9(12)7-4-5-8(15-7)16(13,14)10-2/h3-5,10H,1,6H2,2H3,(H,11,12). The lowest BCUT2D eigenvalue weighted by molar-refractivity contribution is 0.0925. The first-order valence-electron chi connectivity index (χ1n) is 4.43. The lowest BCUT2D eigenvalue weighted by Gasteiger charge is -1.98. The van der Waals surface area contributed by atoms with Crippen molar-refractivity contribution in [3.05, 3.63) is 30.5 Å². The minimum Gasteiger partial charge on any atom is -0.438 e. The molecule has 1 aromatic rings. The van der Waals surface area contributed by atoms with Crippen molar-refractivity contribution in [2.75, 3.05) is 13.6 Å². The Morgan fingerprint density at radius 1 is 1.56 bits per heavy atom. The van der Waals surface area contributed by atoms with Crippen LogP contribution in [0.3, 0.4) is 0 Å². The molecule has 7 heteroatoms. The Hall–Kier alpha value is -1.60. The van der Waals surface area contributed by atoms with Crippen LogP contribution in [0.1, 0.15) is 10.6 Å². The minimum atomic E-state index is -3.65. The van der Waals surface area contributed by atoms with E-state index in [-0.39, 0.29) is 17.4 Å². The van der Waals surface area contributed by atoms with E-state index in [1.165, 1.54) is 25.3 Å². The highest BCUT2D eigenvalue weighted by atomic mass is 32.2. The van der Waals surface area contributed by atoms with Crippen LogP contribution in [-0.4, -0.2) is 27.9 Å². The lowest BCUT2D eigenvalue weighted by Crippen LogP contribution is -2.22. The maximum Gasteiger partial charge on any atom is 0.287 e. The minimum absolute atomic E-state index is 0.0596. The Balaban J connectivity index is 2.87. The Bertz CT molecular complexity index is 489. The second-order valence-electron chi connectivity index (χ2n) is 2.82. The lowest BCUT2D eigenvalue weighted by atomic mass is 10.4. The van der Waals surface area contributed by atoms with Gasteiger partial charge < -0.3 is 9.73 Å². The number of hydrogen-bond acceptors (Lipinski definition) is 4. The second-order valence-corrected chi connectivity index (χ2v) is 4.64. The van der Waals surface area contributed by atoms with Crippen molar-refractivity contribution in [3.63, 3.8) is 0 Å². The fourth-order valence-electron chi connectivity index (χ4n) is 0.939. The fourth-order valence-corrected chi connectivity index (χ4v) is 1.59. The third-order valence-electron chi connectivity index (χ3n) is 1.75. The molecule has 0 fully saturated rings. The van der Waals surface area contributed by atoms with E-state index in [1.807, 2.05) is 0 Å². The van der Waals surface area contributed by atoms with E-state index >= 15 is 0 Å². The molecule has 2 N–H and O–H groups in total. The summed E-state index contributed by atoms with van der Waals surface area (Å²) in [4.78, 5) is 11.4. The Labute approximate surface area is 93.4 Å². The molecule has 0 unspecified atom stereocenters. The van der Waals surface area contributed by atoms with Crippen LogP contribution in [-0.2, 0) is 10.0 Å². The SMILES string of the molecule is C=CCNC(=O)c1ccc(S(=O)(=O)NC)o1. The van der Waals surface area contributed by atoms with E-state index in [2.05, 4.69) is 16.6 Å². The van der Waals surface area contributed by atoms with Gasteiger partial charge in [0.2, 0.25) is 5.09 Å². The smallest absolute Gasteiger partial charge is 0.287 e. The van der Waals surface area contributed by atoms with Gasteiger partial charge in [-0.15, -0.1) is 6.58 Å². The number of amides is 1. The van der Waals surface area contributed by atoms with Gasteiger partial charge in [0.25, 0.3) is 15.9 Å². The topological polar surface area (TPSA) is 88.4 Å². The van der Waals surface area contributed by atoms with Crippen molar-refractivity contribution in [2.24, 2.45) is 0 Å². The normalized spacial score (nSPS) is 11.1. The summed E-state index contributed by atoms with van der Waals surface area (Å²) in [5, 5.41) is 2.17. The molecule has 0 aliphatic carbocycles. The molecule has 0 aliphatic rings. The number of sulfonamides is 1. The molecule has 0 aliphatic heterocycles. The monoisotopic (exact) mass is 244 g/mol. The average Bonchev–Trinajstić information content (AvgIpc) is 2.75. The molecular weight excluding hydrogens is 232 g/mol. The zero-order valence-corrected chi connectivity index (χ0v) is 9.50. The summed E-state index contributed by atoms with van der Waals surface area (Å²) in [6, 6.07) is 2.51. The molecule has 0 bridgehead atoms. The van der Waals surface area contributed by atoms with Gasteiger partial charge in [0.05, 0.1) is 0 Å². The van der Waals surface area contributed by atoms with Crippen molar-refractivity contribution < 1.29 is 17.6 Å². The van der Waals surface area contributed by atoms with Gasteiger partial charge in [-0.05, 0) is 19.2 Å². The molecule has 0 atom stereocenters. The zero-order chi connectivity index (χ0) is 12.2. The molecule has 1 rings (SSSR count). The molecule has 1 aromatic heterocycles. The van der Waals surface area contributed by atoms with Crippen LogP contribution in [0.2, 0.25) is 0 Å². The maximum atomic E-state index is 11.4. The first-order chi connectivity index (χ1) is 7.51. The van der Waals surface area contributed by atoms with Crippen LogP contribution in [0, 0.1) is 0 Å². The zero-order valence-electron chi connectivity index (χ0n) is 8.69. The van der Waals surface area contributed by atoms with E-state index in [1.54, 1.807) is 0 Å². The van der Waals surface area contributed by atoms with Crippen LogP contribution >= 0.6 is 0 Å². The number of hydrogen-bond donors (Lipinski definition) is 2. The Morgan fingerprint density at radius 2 is 2.25 bits per heavy atom. The molecule has 16 heavy (non-hydrogen) atoms. The van der Waals surface area contributed by atoms with E-state index in [9.17, 15) is 13.2 Å². The quantitative estimate of drug-likeness (QED) is 0.719. The van der Waals surface area contributed by atoms with E-state index in [4.69, 9.17) is 4.42 Å². The van der Waals surface area contributed by atoms with Gasteiger partial charge in [-0.3, -0.25) is 4.79 Å². The first kappa shape index (κ1) is 12.5. The molecule has 0 radical (unpaired) electrons. The van der Waals surface area contributed by atoms with Gasteiger partial charge in [-0.2, -0.15) is 0 Å². The third kappa shape index (κ3) is 2.71. The summed E-state index contributed by atoms with van der Waals surface area (Å²) in [7, 11) is -2.39. The predicted molar refractivity (Wildman–Crippen MR) is 57.5 cm³/mol. The Kier molecular flexibility index (Phi) is 3.86. The van der Waals surface area contributed by atoms with Gasteiger partial charge >= 0.3 is 0 Å². The summed E-state index contributed by atoms with van der Waals surface area (Å²) in [6.45, 7) is 3.72. The average molecular weight is 244 g/mol. The van der Waals surface area contributed by atoms with E-state index in [0.29, 0.717) is 0 Å². The summed E-state index contributed by atoms with van der Waals surface area (Å²) in [6.07, 6.45) is 1.51. The van der Waals surface area contributed by atoms with Crippen molar-refractivity contribution in [1.29, 1.82) is 0 Å². The summed E-state index contributed by atoms with van der Waals surface area (Å²) < 4.78 is 29.6. The third-order valence-corrected chi connectivity index (χ3v) is 3.03. The van der Waals surface area contributed by atoms with Gasteiger partial charge in [0.15, 0.2) is 5.76 Å². The molecule has 0 spiro atoms. The maximum absolute atomic E-state index is 11.4. The second kappa shape index (κ2) is 4.95. The van der Waals surface area contributed by atoms with Crippen molar-refractivity contribution in [1.82, 2.24) is 10.0 Å². The fraction of sp³-hybridized carbons (Fsp3) is 0.222. The highest BCUT2D eigenvalue weighted by Gasteiger charge is 2.18. The summed E-state index contributed by atoms with van der Waals surface area (Å²) in [5.41, 5.74) is 0. The summed E-state index contributed by atoms with van der Waals surface area (Å²) in [5.74, 6) is -0.548. The van der Waals surface area contributed by atoms with Crippen molar-refractivity contribution in [2.45, 2.75) is 5.09 Å². The number of furan rings is 1. The molecule has 6 nitrogen and oxygen atoms in total. The van der Waals surface area contributed by atoms with Gasteiger partial charge in [0.1, 0.15) is 0 Å². The van der Waals surface area contributed by atoms with E-state index < -0.39 is 15.9 Å². The highest BCUT2D eigenvalue weighted by molar-refractivity contribution is 7.89. The molecule has 1 heterocycles. The predicted octanol–water partition coefficient (Wildman–Crippen LogP) is 0.103. The Morgan fingerprint density at radius 3 is 2.81 bits per heavy atom. The molecule has 0 aromatic carbocycles. The molecule has 0 saturated carbocycles. The van der Waals surface area contributed by atoms with Gasteiger partial charge in [0, 0.05) is 6.54 Å². The van der Waals surface area contributed by atoms with Crippen LogP contribution in [0.5, 0.6) is 0 Å². The molecule has 1 amide bonds. The largest absolute Gasteiger partial charge is 0.438 e. The molecule has 88 valence electrons.